The topological polar surface area (TPSA) is 16.1 Å². The van der Waals surface area contributed by atoms with Crippen LogP contribution in [0.5, 0.6) is 0 Å². The van der Waals surface area contributed by atoms with E-state index in [4.69, 9.17) is 11.6 Å². The molecule has 2 aromatic rings. The quantitative estimate of drug-likeness (QED) is 0.737. The normalized spacial score (nSPS) is 10.5. The molecule has 0 aliphatic rings. The molecular formula is C15H16BrClN2. The molecule has 0 saturated heterocycles. The fourth-order valence-electron chi connectivity index (χ4n) is 2.00. The van der Waals surface area contributed by atoms with E-state index in [0.29, 0.717) is 0 Å². The zero-order valence-corrected chi connectivity index (χ0v) is 13.2. The van der Waals surface area contributed by atoms with E-state index < -0.39 is 0 Å². The number of alkyl halides is 1. The van der Waals surface area contributed by atoms with Gasteiger partial charge in [-0.1, -0.05) is 39.7 Å². The Balaban J connectivity index is 2.29. The van der Waals surface area contributed by atoms with Crippen LogP contribution < -0.4 is 4.90 Å². The van der Waals surface area contributed by atoms with Gasteiger partial charge in [-0.25, -0.2) is 0 Å². The summed E-state index contributed by atoms with van der Waals surface area (Å²) < 4.78 is 0. The highest BCUT2D eigenvalue weighted by molar-refractivity contribution is 9.08. The average Bonchev–Trinajstić information content (AvgIpc) is 2.46. The van der Waals surface area contributed by atoms with Crippen molar-refractivity contribution in [1.29, 1.82) is 0 Å². The maximum absolute atomic E-state index is 6.12. The summed E-state index contributed by atoms with van der Waals surface area (Å²) in [4.78, 5) is 6.67. The molecule has 1 aromatic heterocycles. The summed E-state index contributed by atoms with van der Waals surface area (Å²) in [5.41, 5.74) is 3.46. The zero-order chi connectivity index (χ0) is 13.7. The Bertz CT molecular complexity index is 531. The molecule has 0 amide bonds. The SMILES string of the molecule is CCN(Cc1ccccn1)c1cc(Cl)ccc1CBr. The second-order valence-corrected chi connectivity index (χ2v) is 5.24. The third-order valence-corrected chi connectivity index (χ3v) is 3.83. The van der Waals surface area contributed by atoms with Crippen molar-refractivity contribution in [3.8, 4) is 0 Å². The smallest absolute Gasteiger partial charge is 0.0602 e. The molecule has 2 nitrogen and oxygen atoms in total. The van der Waals surface area contributed by atoms with Crippen LogP contribution >= 0.6 is 27.5 Å². The summed E-state index contributed by atoms with van der Waals surface area (Å²) in [5.74, 6) is 0. The van der Waals surface area contributed by atoms with Gasteiger partial charge in [0, 0.05) is 28.8 Å². The summed E-state index contributed by atoms with van der Waals surface area (Å²) in [7, 11) is 0. The molecule has 0 N–H and O–H groups in total. The summed E-state index contributed by atoms with van der Waals surface area (Å²) >= 11 is 9.65. The van der Waals surface area contributed by atoms with Crippen LogP contribution in [0.4, 0.5) is 5.69 Å². The number of hydrogen-bond acceptors (Lipinski definition) is 2. The maximum Gasteiger partial charge on any atom is 0.0602 e. The number of hydrogen-bond donors (Lipinski definition) is 0. The van der Waals surface area contributed by atoms with Crippen molar-refractivity contribution in [3.63, 3.8) is 0 Å². The van der Waals surface area contributed by atoms with Crippen molar-refractivity contribution < 1.29 is 0 Å². The van der Waals surface area contributed by atoms with E-state index in [1.165, 1.54) is 5.56 Å². The van der Waals surface area contributed by atoms with Gasteiger partial charge < -0.3 is 4.90 Å². The van der Waals surface area contributed by atoms with Crippen molar-refractivity contribution in [3.05, 3.63) is 58.9 Å². The zero-order valence-electron chi connectivity index (χ0n) is 10.8. The highest BCUT2D eigenvalue weighted by Crippen LogP contribution is 2.27. The molecule has 0 unspecified atom stereocenters. The first-order valence-electron chi connectivity index (χ1n) is 6.24. The van der Waals surface area contributed by atoms with Crippen LogP contribution in [0.15, 0.2) is 42.6 Å². The fraction of sp³-hybridized carbons (Fsp3) is 0.267. The third-order valence-electron chi connectivity index (χ3n) is 2.99. The van der Waals surface area contributed by atoms with E-state index in [-0.39, 0.29) is 0 Å². The van der Waals surface area contributed by atoms with Gasteiger partial charge in [0.2, 0.25) is 0 Å². The predicted molar refractivity (Wildman–Crippen MR) is 85.0 cm³/mol. The van der Waals surface area contributed by atoms with Gasteiger partial charge >= 0.3 is 0 Å². The standard InChI is InChI=1S/C15H16BrClN2/c1-2-19(11-14-5-3-4-8-18-14)15-9-13(17)7-6-12(15)10-16/h3-9H,2,10-11H2,1H3. The Morgan fingerprint density at radius 2 is 2.11 bits per heavy atom. The molecule has 100 valence electrons. The molecule has 0 radical (unpaired) electrons. The van der Waals surface area contributed by atoms with Gasteiger partial charge in [0.05, 0.1) is 12.2 Å². The fourth-order valence-corrected chi connectivity index (χ4v) is 2.64. The largest absolute Gasteiger partial charge is 0.366 e. The minimum atomic E-state index is 0.763. The monoisotopic (exact) mass is 338 g/mol. The summed E-state index contributed by atoms with van der Waals surface area (Å²) in [5, 5.41) is 1.58. The van der Waals surface area contributed by atoms with Crippen molar-refractivity contribution in [1.82, 2.24) is 4.98 Å². The molecule has 0 aliphatic heterocycles. The van der Waals surface area contributed by atoms with Crippen LogP contribution in [-0.4, -0.2) is 11.5 Å². The highest BCUT2D eigenvalue weighted by atomic mass is 79.9. The second-order valence-electron chi connectivity index (χ2n) is 4.24. The summed E-state index contributed by atoms with van der Waals surface area (Å²) in [6.07, 6.45) is 1.83. The van der Waals surface area contributed by atoms with Gasteiger partial charge in [-0.15, -0.1) is 0 Å². The van der Waals surface area contributed by atoms with Crippen molar-refractivity contribution in [2.24, 2.45) is 0 Å². The first-order chi connectivity index (χ1) is 9.24. The Morgan fingerprint density at radius 1 is 1.26 bits per heavy atom. The Labute approximate surface area is 127 Å². The number of rotatable bonds is 5. The molecular weight excluding hydrogens is 324 g/mol. The minimum Gasteiger partial charge on any atom is -0.366 e. The van der Waals surface area contributed by atoms with E-state index >= 15 is 0 Å². The van der Waals surface area contributed by atoms with E-state index in [1.807, 2.05) is 36.5 Å². The van der Waals surface area contributed by atoms with E-state index in [1.54, 1.807) is 0 Å². The second kappa shape index (κ2) is 6.92. The molecule has 0 fully saturated rings. The van der Waals surface area contributed by atoms with Crippen molar-refractivity contribution >= 4 is 33.2 Å². The van der Waals surface area contributed by atoms with Gasteiger partial charge in [-0.2, -0.15) is 0 Å². The Morgan fingerprint density at radius 3 is 2.74 bits per heavy atom. The number of anilines is 1. The van der Waals surface area contributed by atoms with Crippen LogP contribution in [0.1, 0.15) is 18.2 Å². The highest BCUT2D eigenvalue weighted by Gasteiger charge is 2.11. The molecule has 1 aromatic carbocycles. The number of nitrogens with zero attached hydrogens (tertiary/aromatic N) is 2. The molecule has 0 spiro atoms. The maximum atomic E-state index is 6.12. The summed E-state index contributed by atoms with van der Waals surface area (Å²) in [6, 6.07) is 12.0. The number of pyridine rings is 1. The van der Waals surface area contributed by atoms with Crippen molar-refractivity contribution in [2.75, 3.05) is 11.4 Å². The van der Waals surface area contributed by atoms with E-state index in [0.717, 1.165) is 34.8 Å². The molecule has 0 bridgehead atoms. The first kappa shape index (κ1) is 14.4. The van der Waals surface area contributed by atoms with Gasteiger partial charge in [0.15, 0.2) is 0 Å². The molecule has 1 heterocycles. The number of benzene rings is 1. The lowest BCUT2D eigenvalue weighted by Crippen LogP contribution is -2.23. The number of aromatic nitrogens is 1. The van der Waals surface area contributed by atoms with Gasteiger partial charge in [-0.05, 0) is 36.8 Å². The predicted octanol–water partition coefficient (Wildman–Crippen LogP) is 4.66. The van der Waals surface area contributed by atoms with Gasteiger partial charge in [-0.3, -0.25) is 4.98 Å². The Kier molecular flexibility index (Phi) is 5.23. The van der Waals surface area contributed by atoms with E-state index in [9.17, 15) is 0 Å². The Hall–Kier alpha value is -1.06. The van der Waals surface area contributed by atoms with Crippen LogP contribution in [0.3, 0.4) is 0 Å². The summed E-state index contributed by atoms with van der Waals surface area (Å²) in [6.45, 7) is 3.84. The van der Waals surface area contributed by atoms with Gasteiger partial charge in [0.1, 0.15) is 0 Å². The van der Waals surface area contributed by atoms with Crippen LogP contribution in [-0.2, 0) is 11.9 Å². The minimum absolute atomic E-state index is 0.763. The third kappa shape index (κ3) is 3.71. The lowest BCUT2D eigenvalue weighted by molar-refractivity contribution is 0.806. The molecule has 0 aliphatic carbocycles. The van der Waals surface area contributed by atoms with Crippen LogP contribution in [0.25, 0.3) is 0 Å². The average molecular weight is 340 g/mol. The number of halogens is 2. The molecule has 0 saturated carbocycles. The lowest BCUT2D eigenvalue weighted by atomic mass is 10.1. The lowest BCUT2D eigenvalue weighted by Gasteiger charge is -2.25. The van der Waals surface area contributed by atoms with Crippen LogP contribution in [0.2, 0.25) is 5.02 Å². The molecule has 0 atom stereocenters. The molecule has 19 heavy (non-hydrogen) atoms. The van der Waals surface area contributed by atoms with Crippen LogP contribution in [0, 0.1) is 0 Å². The molecule has 4 heteroatoms. The van der Waals surface area contributed by atoms with E-state index in [2.05, 4.69) is 38.8 Å². The van der Waals surface area contributed by atoms with Crippen molar-refractivity contribution in [2.45, 2.75) is 18.8 Å². The first-order valence-corrected chi connectivity index (χ1v) is 7.73. The molecule has 2 rings (SSSR count). The van der Waals surface area contributed by atoms with Gasteiger partial charge in [0.25, 0.3) is 0 Å².